The summed E-state index contributed by atoms with van der Waals surface area (Å²) in [6.45, 7) is 0. The van der Waals surface area contributed by atoms with Gasteiger partial charge in [-0.15, -0.1) is 0 Å². The van der Waals surface area contributed by atoms with Crippen LogP contribution >= 0.6 is 26.6 Å². The summed E-state index contributed by atoms with van der Waals surface area (Å²) in [5.74, 6) is 0. The summed E-state index contributed by atoms with van der Waals surface area (Å²) in [7, 11) is 1.59. The van der Waals surface area contributed by atoms with Crippen LogP contribution in [0.15, 0.2) is 23.1 Å². The van der Waals surface area contributed by atoms with E-state index in [0.717, 1.165) is 11.1 Å². The van der Waals surface area contributed by atoms with Crippen molar-refractivity contribution in [1.29, 1.82) is 0 Å². The molecular formula is C7H4BrClO4S. The zero-order chi connectivity index (χ0) is 10.9. The number of hydrogen-bond acceptors (Lipinski definition) is 3. The fraction of sp³-hybridized carbons (Fsp3) is 0. The van der Waals surface area contributed by atoms with Crippen LogP contribution < -0.4 is 0 Å². The highest BCUT2D eigenvalue weighted by atomic mass is 79.9. The predicted molar refractivity (Wildman–Crippen MR) is 55.4 cm³/mol. The van der Waals surface area contributed by atoms with E-state index in [1.165, 1.54) is 0 Å². The second kappa shape index (κ2) is 3.88. The third kappa shape index (κ3) is 2.46. The number of carbonyl (C=O) groups is 1. The van der Waals surface area contributed by atoms with Crippen LogP contribution in [0.5, 0.6) is 0 Å². The highest BCUT2D eigenvalue weighted by Gasteiger charge is 2.25. The van der Waals surface area contributed by atoms with Crippen LogP contribution in [0.2, 0.25) is 0 Å². The fourth-order valence-electron chi connectivity index (χ4n) is 0.956. The Hall–Kier alpha value is -0.590. The number of carboxylic acid groups (broad SMARTS) is 1. The number of rotatable bonds is 1. The molecule has 7 heteroatoms. The van der Waals surface area contributed by atoms with Gasteiger partial charge in [-0.2, -0.15) is 0 Å². The van der Waals surface area contributed by atoms with Gasteiger partial charge in [0.25, 0.3) is 9.05 Å². The lowest BCUT2D eigenvalue weighted by molar-refractivity contribution is 0.223. The Labute approximate surface area is 93.1 Å². The van der Waals surface area contributed by atoms with Crippen LogP contribution in [0.3, 0.4) is 0 Å². The molecule has 0 atom stereocenters. The molecule has 0 radical (unpaired) electrons. The van der Waals surface area contributed by atoms with Crippen LogP contribution in [0.1, 0.15) is 0 Å². The molecule has 0 bridgehead atoms. The van der Waals surface area contributed by atoms with Crippen molar-refractivity contribution in [3.8, 4) is 11.1 Å². The van der Waals surface area contributed by atoms with Gasteiger partial charge < -0.3 is 5.11 Å². The Bertz CT molecular complexity index is 478. The molecule has 0 heterocycles. The number of hydrogen-bond donors (Lipinski definition) is 1. The smallest absolute Gasteiger partial charge is 0.372 e. The molecule has 0 fully saturated rings. The summed E-state index contributed by atoms with van der Waals surface area (Å²) in [5, 5.41) is 7.33. The summed E-state index contributed by atoms with van der Waals surface area (Å²) < 4.78 is 21.3. The molecule has 0 aromatic rings. The molecule has 0 unspecified atom stereocenters. The van der Waals surface area contributed by atoms with E-state index < -0.39 is 13.9 Å². The Kier molecular flexibility index (Phi) is 3.18. The van der Waals surface area contributed by atoms with Gasteiger partial charge in [0.2, 0.25) is 0 Å². The van der Waals surface area contributed by atoms with E-state index in [1.807, 2.05) is 6.07 Å². The normalized spacial score (nSPS) is 11.3. The van der Waals surface area contributed by atoms with Crippen molar-refractivity contribution in [3.05, 3.63) is 18.2 Å². The van der Waals surface area contributed by atoms with Crippen LogP contribution in [0, 0.1) is 0 Å². The first-order chi connectivity index (χ1) is 6.32. The van der Waals surface area contributed by atoms with Gasteiger partial charge in [0.05, 0.1) is 4.90 Å². The molecule has 0 amide bonds. The number of fused-ring (bicyclic) bond motifs is 1. The van der Waals surface area contributed by atoms with Gasteiger partial charge in [0.15, 0.2) is 0 Å². The minimum absolute atomic E-state index is 0.256. The maximum absolute atomic E-state index is 10.6. The van der Waals surface area contributed by atoms with Gasteiger partial charge in [-0.05, 0) is 11.6 Å². The first-order valence-corrected chi connectivity index (χ1v) is 6.40. The van der Waals surface area contributed by atoms with Gasteiger partial charge in [-0.1, -0.05) is 12.1 Å². The Morgan fingerprint density at radius 2 is 1.93 bits per heavy atom. The largest absolute Gasteiger partial charge is 0.473 e. The molecule has 76 valence electrons. The summed E-state index contributed by atoms with van der Waals surface area (Å²) >= 11 is 2.19. The average Bonchev–Trinajstić information content (AvgIpc) is 1.91. The third-order valence-electron chi connectivity index (χ3n) is 1.56. The molecule has 0 spiro atoms. The van der Waals surface area contributed by atoms with Crippen molar-refractivity contribution in [2.75, 3.05) is 0 Å². The summed E-state index contributed by atoms with van der Waals surface area (Å²) in [6.07, 6.45) is 0. The summed E-state index contributed by atoms with van der Waals surface area (Å²) in [6, 6.07) is 5.16. The van der Waals surface area contributed by atoms with E-state index in [4.69, 9.17) is 20.6 Å². The zero-order valence-corrected chi connectivity index (χ0v) is 9.73. The molecule has 1 N–H and O–H groups in total. The van der Waals surface area contributed by atoms with Crippen LogP contribution in [0.4, 0.5) is 4.79 Å². The standard InChI is InChI=1S/C6H3ClO2S.CHBrO2/c7-10(8,9)6-3-4-1-2-5(4)6;2-1(3)4/h1-3H;(H,3,4). The SMILES string of the molecule is O=C(O)Br.O=S(=O)(Cl)c1cc2ccc1-2. The molecule has 0 aromatic heterocycles. The van der Waals surface area contributed by atoms with Crippen molar-refractivity contribution in [2.24, 2.45) is 0 Å². The topological polar surface area (TPSA) is 71.4 Å². The monoisotopic (exact) mass is 298 g/mol. The molecule has 4 nitrogen and oxygen atoms in total. The van der Waals surface area contributed by atoms with Gasteiger partial charge in [0.1, 0.15) is 0 Å². The molecule has 2 aliphatic rings. The van der Waals surface area contributed by atoms with E-state index in [2.05, 4.69) is 15.9 Å². The molecule has 0 saturated carbocycles. The third-order valence-corrected chi connectivity index (χ3v) is 2.92. The highest BCUT2D eigenvalue weighted by molar-refractivity contribution is 9.18. The minimum Gasteiger partial charge on any atom is -0.473 e. The van der Waals surface area contributed by atoms with E-state index >= 15 is 0 Å². The molecule has 2 aliphatic carbocycles. The Morgan fingerprint density at radius 3 is 2.00 bits per heavy atom. The van der Waals surface area contributed by atoms with E-state index in [9.17, 15) is 8.42 Å². The average molecular weight is 300 g/mol. The van der Waals surface area contributed by atoms with E-state index in [0.29, 0.717) is 0 Å². The molecule has 0 aliphatic heterocycles. The molecular weight excluding hydrogens is 295 g/mol. The van der Waals surface area contributed by atoms with Crippen molar-refractivity contribution in [3.63, 3.8) is 0 Å². The summed E-state index contributed by atoms with van der Waals surface area (Å²) in [4.78, 5) is 8.15. The van der Waals surface area contributed by atoms with Crippen molar-refractivity contribution < 1.29 is 18.3 Å². The first kappa shape index (κ1) is 11.5. The Morgan fingerprint density at radius 1 is 1.43 bits per heavy atom. The fourth-order valence-corrected chi connectivity index (χ4v) is 2.06. The molecule has 2 rings (SSSR count). The van der Waals surface area contributed by atoms with Crippen molar-refractivity contribution >= 4 is 40.5 Å². The lowest BCUT2D eigenvalue weighted by Crippen LogP contribution is -2.02. The molecule has 14 heavy (non-hydrogen) atoms. The maximum Gasteiger partial charge on any atom is 0.372 e. The maximum atomic E-state index is 10.6. The van der Waals surface area contributed by atoms with Gasteiger partial charge in [-0.3, -0.25) is 0 Å². The number of benzene rings is 1. The van der Waals surface area contributed by atoms with Crippen LogP contribution in [-0.4, -0.2) is 18.4 Å². The van der Waals surface area contributed by atoms with Gasteiger partial charge in [0, 0.05) is 32.2 Å². The van der Waals surface area contributed by atoms with Gasteiger partial charge >= 0.3 is 4.88 Å². The summed E-state index contributed by atoms with van der Waals surface area (Å²) in [5.41, 5.74) is 1.76. The van der Waals surface area contributed by atoms with Gasteiger partial charge in [-0.25, -0.2) is 13.2 Å². The first-order valence-electron chi connectivity index (χ1n) is 3.30. The van der Waals surface area contributed by atoms with E-state index in [-0.39, 0.29) is 4.90 Å². The zero-order valence-electron chi connectivity index (χ0n) is 6.57. The van der Waals surface area contributed by atoms with Crippen LogP contribution in [0.25, 0.3) is 11.1 Å². The Balaban J connectivity index is 0.000000213. The van der Waals surface area contributed by atoms with Crippen LogP contribution in [-0.2, 0) is 9.05 Å². The second-order valence-corrected chi connectivity index (χ2v) is 5.61. The quantitative estimate of drug-likeness (QED) is 0.822. The highest BCUT2D eigenvalue weighted by Crippen LogP contribution is 2.40. The van der Waals surface area contributed by atoms with Crippen molar-refractivity contribution in [1.82, 2.24) is 0 Å². The lowest BCUT2D eigenvalue weighted by atomic mass is 9.94. The molecule has 0 saturated heterocycles. The number of halogens is 2. The lowest BCUT2D eigenvalue weighted by Gasteiger charge is -2.17. The van der Waals surface area contributed by atoms with Crippen molar-refractivity contribution in [2.45, 2.75) is 4.90 Å². The molecule has 0 aromatic carbocycles. The second-order valence-electron chi connectivity index (χ2n) is 2.40. The predicted octanol–water partition coefficient (Wildman–Crippen LogP) is 2.65. The van der Waals surface area contributed by atoms with E-state index in [1.54, 1.807) is 12.1 Å². The minimum atomic E-state index is -3.47.